The minimum atomic E-state index is -1.56. The molecule has 2 aliphatic heterocycles. The Morgan fingerprint density at radius 2 is 1.88 bits per heavy atom. The summed E-state index contributed by atoms with van der Waals surface area (Å²) in [6.45, 7) is 6.92. The lowest BCUT2D eigenvalue weighted by Crippen LogP contribution is -2.58. The summed E-state index contributed by atoms with van der Waals surface area (Å²) in [6, 6.07) is 8.99. The first-order valence-electron chi connectivity index (χ1n) is 17.1. The third-order valence-electron chi connectivity index (χ3n) is 9.35. The van der Waals surface area contributed by atoms with E-state index in [-0.39, 0.29) is 31.0 Å². The molecule has 3 aromatic rings. The van der Waals surface area contributed by atoms with Gasteiger partial charge >= 0.3 is 12.1 Å². The highest BCUT2D eigenvalue weighted by atomic mass is 32.2. The maximum absolute atomic E-state index is 14.6. The van der Waals surface area contributed by atoms with Gasteiger partial charge in [0, 0.05) is 34.6 Å². The Kier molecular flexibility index (Phi) is 10.5. The molecule has 272 valence electrons. The van der Waals surface area contributed by atoms with E-state index in [4.69, 9.17) is 19.4 Å². The second-order valence-corrected chi connectivity index (χ2v) is 17.0. The fourth-order valence-electron chi connectivity index (χ4n) is 6.64. The van der Waals surface area contributed by atoms with E-state index in [1.807, 2.05) is 48.7 Å². The maximum atomic E-state index is 14.6. The lowest BCUT2D eigenvalue weighted by molar-refractivity contribution is -0.146. The highest BCUT2D eigenvalue weighted by Gasteiger charge is 2.61. The number of aromatic nitrogens is 2. The molecule has 13 nitrogen and oxygen atoms in total. The van der Waals surface area contributed by atoms with E-state index in [0.717, 1.165) is 4.88 Å². The Morgan fingerprint density at radius 1 is 1.14 bits per heavy atom. The largest absolute Gasteiger partial charge is 0.479 e. The van der Waals surface area contributed by atoms with Gasteiger partial charge in [0.15, 0.2) is 0 Å². The van der Waals surface area contributed by atoms with Crippen LogP contribution in [0.2, 0.25) is 0 Å². The lowest BCUT2D eigenvalue weighted by Gasteiger charge is -2.32. The predicted molar refractivity (Wildman–Crippen MR) is 193 cm³/mol. The summed E-state index contributed by atoms with van der Waals surface area (Å²) in [4.78, 5) is 66.1. The molecule has 1 saturated heterocycles. The lowest BCUT2D eigenvalue weighted by atomic mass is 9.95. The molecule has 7 atom stereocenters. The first kappa shape index (κ1) is 36.4. The van der Waals surface area contributed by atoms with Crippen LogP contribution in [0.5, 0.6) is 5.88 Å². The van der Waals surface area contributed by atoms with Gasteiger partial charge in [-0.2, -0.15) is 0 Å². The number of nitrogens with one attached hydrogen (secondary N) is 2. The van der Waals surface area contributed by atoms with E-state index in [2.05, 4.69) is 10.6 Å². The molecule has 51 heavy (non-hydrogen) atoms. The van der Waals surface area contributed by atoms with Crippen molar-refractivity contribution in [1.29, 1.82) is 0 Å². The monoisotopic (exact) mass is 737 g/mol. The number of nitrogens with zero attached hydrogens (tertiary/aromatic N) is 3. The molecule has 1 aliphatic carbocycles. The Labute approximate surface area is 302 Å². The van der Waals surface area contributed by atoms with E-state index >= 15 is 0 Å². The van der Waals surface area contributed by atoms with Crippen molar-refractivity contribution in [3.63, 3.8) is 0 Å². The van der Waals surface area contributed by atoms with E-state index in [0.29, 0.717) is 35.3 Å². The van der Waals surface area contributed by atoms with Gasteiger partial charge in [0.1, 0.15) is 35.0 Å². The van der Waals surface area contributed by atoms with Gasteiger partial charge in [0.05, 0.1) is 22.5 Å². The number of carbonyl (C=O) groups is 4. The molecule has 0 spiro atoms. The molecule has 15 heteroatoms. The molecule has 3 N–H and O–H groups in total. The average Bonchev–Trinajstić information content (AvgIpc) is 3.38. The van der Waals surface area contributed by atoms with Crippen molar-refractivity contribution in [1.82, 2.24) is 25.5 Å². The molecule has 1 saturated carbocycles. The number of benzene rings is 1. The molecule has 3 amide bonds. The third kappa shape index (κ3) is 8.25. The van der Waals surface area contributed by atoms with E-state index in [9.17, 15) is 28.5 Å². The third-order valence-corrected chi connectivity index (χ3v) is 11.5. The second-order valence-electron chi connectivity index (χ2n) is 14.4. The minimum absolute atomic E-state index is 0.0397. The van der Waals surface area contributed by atoms with Gasteiger partial charge in [-0.05, 0) is 69.5 Å². The van der Waals surface area contributed by atoms with Crippen LogP contribution >= 0.6 is 11.3 Å². The van der Waals surface area contributed by atoms with Gasteiger partial charge in [-0.3, -0.25) is 13.8 Å². The summed E-state index contributed by atoms with van der Waals surface area (Å²) < 4.78 is 24.8. The van der Waals surface area contributed by atoms with Crippen molar-refractivity contribution in [3.8, 4) is 16.5 Å². The van der Waals surface area contributed by atoms with Gasteiger partial charge in [0.25, 0.3) is 0 Å². The summed E-state index contributed by atoms with van der Waals surface area (Å²) in [7, 11) is -1.21. The number of ether oxygens (including phenoxy) is 2. The number of rotatable bonds is 5. The summed E-state index contributed by atoms with van der Waals surface area (Å²) in [5.41, 5.74) is -0.581. The van der Waals surface area contributed by atoms with Crippen LogP contribution in [0.4, 0.5) is 4.79 Å². The summed E-state index contributed by atoms with van der Waals surface area (Å²) in [5, 5.41) is 17.6. The molecule has 0 bridgehead atoms. The fourth-order valence-corrected chi connectivity index (χ4v) is 8.33. The van der Waals surface area contributed by atoms with Crippen LogP contribution in [-0.4, -0.2) is 95.4 Å². The smallest absolute Gasteiger partial charge is 0.408 e. The second kappa shape index (κ2) is 14.7. The zero-order chi connectivity index (χ0) is 36.5. The van der Waals surface area contributed by atoms with Crippen LogP contribution in [0.25, 0.3) is 21.6 Å². The van der Waals surface area contributed by atoms with Crippen molar-refractivity contribution in [2.24, 2.45) is 11.8 Å². The number of hydrogen-bond donors (Lipinski definition) is 3. The van der Waals surface area contributed by atoms with Gasteiger partial charge < -0.3 is 30.1 Å². The zero-order valence-electron chi connectivity index (χ0n) is 29.0. The number of para-hydroxylation sites is 2. The molecule has 6 rings (SSSR count). The highest BCUT2D eigenvalue weighted by molar-refractivity contribution is 7.85. The topological polar surface area (TPSA) is 177 Å². The minimum Gasteiger partial charge on any atom is -0.479 e. The SMILES string of the molecule is CC1CCCS(=O)C/C=C\C2CC2(C(=O)O)NC(=O)C2C[C@@H](Oc3nc4ccccc4nc3-c3cccs3)CN2C(=O)[C@@H]1NC(=O)OC(C)(C)C. The molecule has 1 aromatic carbocycles. The number of thiophene rings is 1. The highest BCUT2D eigenvalue weighted by Crippen LogP contribution is 2.45. The molecule has 4 heterocycles. The van der Waals surface area contributed by atoms with Crippen LogP contribution in [-0.2, 0) is 29.9 Å². The number of carboxylic acid groups (broad SMARTS) is 1. The molecular formula is C36H43N5O8S2. The van der Waals surface area contributed by atoms with Crippen LogP contribution in [0.1, 0.15) is 53.4 Å². The average molecular weight is 738 g/mol. The van der Waals surface area contributed by atoms with Crippen LogP contribution in [0.15, 0.2) is 53.9 Å². The number of amides is 3. The molecule has 5 unspecified atom stereocenters. The number of aliphatic carboxylic acids is 1. The first-order valence-corrected chi connectivity index (χ1v) is 19.4. The summed E-state index contributed by atoms with van der Waals surface area (Å²) in [5.74, 6) is -2.44. The number of carboxylic acids is 1. The van der Waals surface area contributed by atoms with Crippen molar-refractivity contribution >= 4 is 57.0 Å². The van der Waals surface area contributed by atoms with Crippen molar-refractivity contribution < 1.29 is 38.0 Å². The molecule has 2 fully saturated rings. The van der Waals surface area contributed by atoms with Crippen LogP contribution < -0.4 is 15.4 Å². The predicted octanol–water partition coefficient (Wildman–Crippen LogP) is 4.29. The van der Waals surface area contributed by atoms with Crippen molar-refractivity contribution in [2.45, 2.75) is 82.7 Å². The molecule has 2 aromatic heterocycles. The van der Waals surface area contributed by atoms with Crippen LogP contribution in [0, 0.1) is 11.8 Å². The van der Waals surface area contributed by atoms with Crippen LogP contribution in [0.3, 0.4) is 0 Å². The number of alkyl carbamates (subject to hydrolysis) is 1. The molecular weight excluding hydrogens is 695 g/mol. The Balaban J connectivity index is 1.35. The summed E-state index contributed by atoms with van der Waals surface area (Å²) in [6.07, 6.45) is 3.09. The number of hydrogen-bond acceptors (Lipinski definition) is 10. The van der Waals surface area contributed by atoms with Gasteiger partial charge in [0.2, 0.25) is 17.7 Å². The van der Waals surface area contributed by atoms with Gasteiger partial charge in [-0.1, -0.05) is 37.3 Å². The normalized spacial score (nSPS) is 29.4. The van der Waals surface area contributed by atoms with E-state index in [1.54, 1.807) is 32.9 Å². The Morgan fingerprint density at radius 3 is 2.57 bits per heavy atom. The van der Waals surface area contributed by atoms with Crippen molar-refractivity contribution in [2.75, 3.05) is 18.1 Å². The van der Waals surface area contributed by atoms with Gasteiger partial charge in [-0.25, -0.2) is 19.6 Å². The quantitative estimate of drug-likeness (QED) is 0.320. The first-order chi connectivity index (χ1) is 24.2. The van der Waals surface area contributed by atoms with E-state index < -0.39 is 75.8 Å². The number of fused-ring (bicyclic) bond motifs is 3. The molecule has 0 radical (unpaired) electrons. The molecule has 3 aliphatic rings. The van der Waals surface area contributed by atoms with E-state index in [1.165, 1.54) is 16.2 Å². The van der Waals surface area contributed by atoms with Gasteiger partial charge in [-0.15, -0.1) is 11.3 Å². The Bertz CT molecular complexity index is 1860. The Hall–Kier alpha value is -4.37. The maximum Gasteiger partial charge on any atom is 0.408 e. The van der Waals surface area contributed by atoms with Crippen molar-refractivity contribution in [3.05, 3.63) is 53.9 Å². The fraction of sp³-hybridized carbons (Fsp3) is 0.500. The standard InChI is InChI=1S/C36H43N5O8S2/c1-21-10-8-16-51(47)17-9-11-22-19-36(22,33(44)45)40-30(42)26-18-23(20-41(26)32(43)28(21)39-34(46)49-35(2,3)4)48-31-29(27-14-7-15-50-27)37-24-12-5-6-13-25(24)38-31/h5-7,9,11-15,21-23,26,28H,8,10,16-20H2,1-4H3,(H,39,46)(H,40,42)(H,44,45)/b11-9-/t21?,22?,23-,26?,28-,36?,51?/m1/s1. The number of carbonyl (C=O) groups excluding carboxylic acids is 3. The zero-order valence-corrected chi connectivity index (χ0v) is 30.6. The summed E-state index contributed by atoms with van der Waals surface area (Å²) >= 11 is 1.47.